The topological polar surface area (TPSA) is 52.6 Å². The number of ether oxygens (including phenoxy) is 2. The van der Waals surface area contributed by atoms with Gasteiger partial charge in [-0.25, -0.2) is 0 Å². The van der Waals surface area contributed by atoms with Crippen LogP contribution in [0.4, 0.5) is 0 Å². The molecular formula is C17H22O4. The van der Waals surface area contributed by atoms with E-state index in [2.05, 4.69) is 0 Å². The van der Waals surface area contributed by atoms with Gasteiger partial charge in [0.2, 0.25) is 0 Å². The van der Waals surface area contributed by atoms with E-state index in [4.69, 9.17) is 9.47 Å². The maximum Gasteiger partial charge on any atom is 0.321 e. The van der Waals surface area contributed by atoms with Gasteiger partial charge in [0.25, 0.3) is 0 Å². The first kappa shape index (κ1) is 17.0. The zero-order chi connectivity index (χ0) is 15.7. The largest absolute Gasteiger partial charge is 0.465 e. The lowest BCUT2D eigenvalue weighted by Gasteiger charge is -2.22. The summed E-state index contributed by atoms with van der Waals surface area (Å²) in [4.78, 5) is 24.4. The summed E-state index contributed by atoms with van der Waals surface area (Å²) in [5.74, 6) is -2.48. The second-order valence-corrected chi connectivity index (χ2v) is 4.44. The van der Waals surface area contributed by atoms with Crippen molar-refractivity contribution >= 4 is 11.9 Å². The molecule has 21 heavy (non-hydrogen) atoms. The van der Waals surface area contributed by atoms with Crippen molar-refractivity contribution in [2.75, 3.05) is 13.2 Å². The van der Waals surface area contributed by atoms with Crippen LogP contribution in [0.25, 0.3) is 0 Å². The third-order valence-corrected chi connectivity index (χ3v) is 3.02. The van der Waals surface area contributed by atoms with Crippen LogP contribution >= 0.6 is 0 Å². The highest BCUT2D eigenvalue weighted by molar-refractivity contribution is 5.96. The summed E-state index contributed by atoms with van der Waals surface area (Å²) in [7, 11) is 0. The minimum absolute atomic E-state index is 0.228. The second kappa shape index (κ2) is 8.95. The third kappa shape index (κ3) is 4.74. The highest BCUT2D eigenvalue weighted by Gasteiger charge is 2.36. The maximum absolute atomic E-state index is 12.2. The highest BCUT2D eigenvalue weighted by atomic mass is 16.6. The normalized spacial score (nSPS) is 12.4. The molecule has 0 fully saturated rings. The van der Waals surface area contributed by atoms with E-state index in [9.17, 15) is 9.59 Å². The van der Waals surface area contributed by atoms with Crippen LogP contribution in [0.2, 0.25) is 0 Å². The molecule has 4 heteroatoms. The molecule has 1 rings (SSSR count). The number of esters is 2. The molecule has 0 heterocycles. The van der Waals surface area contributed by atoms with Crippen molar-refractivity contribution < 1.29 is 19.1 Å². The van der Waals surface area contributed by atoms with Crippen molar-refractivity contribution in [2.45, 2.75) is 26.7 Å². The van der Waals surface area contributed by atoms with Gasteiger partial charge in [-0.05, 0) is 26.3 Å². The van der Waals surface area contributed by atoms with Gasteiger partial charge in [0.1, 0.15) is 0 Å². The second-order valence-electron chi connectivity index (χ2n) is 4.44. The van der Waals surface area contributed by atoms with Crippen LogP contribution in [0.15, 0.2) is 42.5 Å². The molecule has 0 aromatic heterocycles. The van der Waals surface area contributed by atoms with Gasteiger partial charge in [-0.1, -0.05) is 42.5 Å². The zero-order valence-corrected chi connectivity index (χ0v) is 12.7. The zero-order valence-electron chi connectivity index (χ0n) is 12.7. The summed E-state index contributed by atoms with van der Waals surface area (Å²) in [5.41, 5.74) is 0.877. The number of allylic oxidation sites excluding steroid dienone is 2. The van der Waals surface area contributed by atoms with Crippen LogP contribution in [-0.4, -0.2) is 25.2 Å². The van der Waals surface area contributed by atoms with Gasteiger partial charge in [0.15, 0.2) is 5.92 Å². The Labute approximate surface area is 125 Å². The maximum atomic E-state index is 12.2. The van der Waals surface area contributed by atoms with Gasteiger partial charge in [0.05, 0.1) is 13.2 Å². The first-order valence-corrected chi connectivity index (χ1v) is 7.16. The molecule has 0 aliphatic heterocycles. The first-order chi connectivity index (χ1) is 10.2. The van der Waals surface area contributed by atoms with Crippen LogP contribution in [0.1, 0.15) is 32.3 Å². The van der Waals surface area contributed by atoms with Gasteiger partial charge < -0.3 is 9.47 Å². The standard InChI is InChI=1S/C17H22O4/c1-4-10-14(13-11-8-7-9-12-13)15(16(18)20-5-2)17(19)21-6-3/h4,7-12,14-15H,5-6H2,1-3H3/b10-4+. The van der Waals surface area contributed by atoms with Crippen molar-refractivity contribution in [1.82, 2.24) is 0 Å². The molecule has 0 aliphatic rings. The number of carbonyl (C=O) groups is 2. The fraction of sp³-hybridized carbons (Fsp3) is 0.412. The molecule has 4 nitrogen and oxygen atoms in total. The minimum Gasteiger partial charge on any atom is -0.465 e. The molecule has 1 aromatic rings. The minimum atomic E-state index is -0.983. The first-order valence-electron chi connectivity index (χ1n) is 7.16. The molecule has 0 amide bonds. The average Bonchev–Trinajstić information content (AvgIpc) is 2.48. The Hall–Kier alpha value is -2.10. The van der Waals surface area contributed by atoms with Gasteiger partial charge in [-0.2, -0.15) is 0 Å². The molecule has 0 saturated heterocycles. The molecule has 1 aromatic carbocycles. The quantitative estimate of drug-likeness (QED) is 0.440. The molecule has 0 spiro atoms. The molecule has 1 unspecified atom stereocenters. The summed E-state index contributed by atoms with van der Waals surface area (Å²) in [5, 5.41) is 0. The number of hydrogen-bond acceptors (Lipinski definition) is 4. The number of rotatable bonds is 7. The van der Waals surface area contributed by atoms with Crippen LogP contribution in [0, 0.1) is 5.92 Å². The summed E-state index contributed by atoms with van der Waals surface area (Å²) in [6.45, 7) is 5.74. The van der Waals surface area contributed by atoms with E-state index in [1.54, 1.807) is 13.8 Å². The molecule has 0 aliphatic carbocycles. The average molecular weight is 290 g/mol. The van der Waals surface area contributed by atoms with Crippen LogP contribution in [-0.2, 0) is 19.1 Å². The fourth-order valence-electron chi connectivity index (χ4n) is 2.15. The van der Waals surface area contributed by atoms with Crippen LogP contribution in [0.5, 0.6) is 0 Å². The van der Waals surface area contributed by atoms with Crippen molar-refractivity contribution in [3.05, 3.63) is 48.0 Å². The lowest BCUT2D eigenvalue weighted by Crippen LogP contribution is -2.32. The van der Waals surface area contributed by atoms with Gasteiger partial charge in [-0.15, -0.1) is 0 Å². The molecule has 1 atom stereocenters. The van der Waals surface area contributed by atoms with E-state index >= 15 is 0 Å². The van der Waals surface area contributed by atoms with Crippen molar-refractivity contribution in [1.29, 1.82) is 0 Å². The molecular weight excluding hydrogens is 268 g/mol. The van der Waals surface area contributed by atoms with E-state index in [-0.39, 0.29) is 13.2 Å². The Balaban J connectivity index is 3.17. The predicted molar refractivity (Wildman–Crippen MR) is 80.8 cm³/mol. The Morgan fingerprint density at radius 3 is 2.00 bits per heavy atom. The summed E-state index contributed by atoms with van der Waals surface area (Å²) in [6.07, 6.45) is 3.65. The SMILES string of the molecule is C/C=C/C(c1ccccc1)C(C(=O)OCC)C(=O)OCC. The fourth-order valence-corrected chi connectivity index (χ4v) is 2.15. The van der Waals surface area contributed by atoms with E-state index < -0.39 is 23.8 Å². The van der Waals surface area contributed by atoms with Crippen LogP contribution < -0.4 is 0 Å². The lowest BCUT2D eigenvalue weighted by atomic mass is 9.85. The molecule has 0 saturated carbocycles. The predicted octanol–water partition coefficient (Wildman–Crippen LogP) is 3.09. The van der Waals surface area contributed by atoms with Crippen molar-refractivity contribution in [3.63, 3.8) is 0 Å². The van der Waals surface area contributed by atoms with Crippen LogP contribution in [0.3, 0.4) is 0 Å². The molecule has 0 bridgehead atoms. The Morgan fingerprint density at radius 2 is 1.57 bits per heavy atom. The molecule has 0 radical (unpaired) electrons. The number of benzene rings is 1. The van der Waals surface area contributed by atoms with E-state index in [0.29, 0.717) is 0 Å². The smallest absolute Gasteiger partial charge is 0.321 e. The summed E-state index contributed by atoms with van der Waals surface area (Å²) < 4.78 is 10.1. The molecule has 0 N–H and O–H groups in total. The number of hydrogen-bond donors (Lipinski definition) is 0. The Morgan fingerprint density at radius 1 is 1.05 bits per heavy atom. The summed E-state index contributed by atoms with van der Waals surface area (Å²) in [6, 6.07) is 9.41. The van der Waals surface area contributed by atoms with E-state index in [0.717, 1.165) is 5.56 Å². The summed E-state index contributed by atoms with van der Waals surface area (Å²) >= 11 is 0. The van der Waals surface area contributed by atoms with Crippen molar-refractivity contribution in [3.8, 4) is 0 Å². The van der Waals surface area contributed by atoms with E-state index in [1.165, 1.54) is 0 Å². The van der Waals surface area contributed by atoms with Gasteiger partial charge in [-0.3, -0.25) is 9.59 Å². The highest BCUT2D eigenvalue weighted by Crippen LogP contribution is 2.28. The Kier molecular flexibility index (Phi) is 7.23. The van der Waals surface area contributed by atoms with Gasteiger partial charge in [0, 0.05) is 5.92 Å². The monoisotopic (exact) mass is 290 g/mol. The molecule has 114 valence electrons. The van der Waals surface area contributed by atoms with Crippen molar-refractivity contribution in [2.24, 2.45) is 5.92 Å². The number of carbonyl (C=O) groups excluding carboxylic acids is 2. The Bertz CT molecular complexity index is 461. The van der Waals surface area contributed by atoms with E-state index in [1.807, 2.05) is 49.4 Å². The van der Waals surface area contributed by atoms with Gasteiger partial charge >= 0.3 is 11.9 Å². The third-order valence-electron chi connectivity index (χ3n) is 3.02. The lowest BCUT2D eigenvalue weighted by molar-refractivity contribution is -0.162.